The third-order valence-corrected chi connectivity index (χ3v) is 6.64. The lowest BCUT2D eigenvalue weighted by Gasteiger charge is -2.35. The highest BCUT2D eigenvalue weighted by molar-refractivity contribution is 9.10. The van der Waals surface area contributed by atoms with E-state index in [1.807, 2.05) is 18.2 Å². The fraction of sp³-hybridized carbons (Fsp3) is 0.286. The smallest absolute Gasteiger partial charge is 0.126 e. The van der Waals surface area contributed by atoms with E-state index in [1.54, 1.807) is 7.11 Å². The zero-order valence-electron chi connectivity index (χ0n) is 19.1. The Kier molecular flexibility index (Phi) is 6.73. The maximum absolute atomic E-state index is 6.34. The van der Waals surface area contributed by atoms with Crippen molar-refractivity contribution in [3.8, 4) is 16.9 Å². The summed E-state index contributed by atoms with van der Waals surface area (Å²) >= 11 is 3.63. The number of ether oxygens (including phenoxy) is 2. The summed E-state index contributed by atoms with van der Waals surface area (Å²) in [7, 11) is 1.72. The molecule has 32 heavy (non-hydrogen) atoms. The Morgan fingerprint density at radius 3 is 2.38 bits per heavy atom. The van der Waals surface area contributed by atoms with Gasteiger partial charge in [0.1, 0.15) is 5.75 Å². The molecular weight excluding hydrogens is 462 g/mol. The summed E-state index contributed by atoms with van der Waals surface area (Å²) in [6.07, 6.45) is 3.14. The molecule has 0 saturated carbocycles. The molecule has 0 aliphatic carbocycles. The van der Waals surface area contributed by atoms with E-state index < -0.39 is 0 Å². The lowest BCUT2D eigenvalue weighted by molar-refractivity contribution is 0.106. The summed E-state index contributed by atoms with van der Waals surface area (Å²) in [6.45, 7) is 7.20. The van der Waals surface area contributed by atoms with Gasteiger partial charge in [-0.25, -0.2) is 0 Å². The minimum atomic E-state index is -0.194. The normalized spacial score (nSPS) is 15.3. The molecule has 1 heterocycles. The van der Waals surface area contributed by atoms with E-state index in [9.17, 15) is 0 Å². The monoisotopic (exact) mass is 491 g/mol. The molecule has 0 aromatic heterocycles. The van der Waals surface area contributed by atoms with E-state index in [4.69, 9.17) is 9.47 Å². The number of para-hydroxylation sites is 2. The zero-order valence-corrected chi connectivity index (χ0v) is 20.7. The van der Waals surface area contributed by atoms with Crippen LogP contribution >= 0.6 is 15.9 Å². The van der Waals surface area contributed by atoms with Gasteiger partial charge in [0, 0.05) is 21.2 Å². The van der Waals surface area contributed by atoms with Crippen molar-refractivity contribution in [2.24, 2.45) is 0 Å². The van der Waals surface area contributed by atoms with Gasteiger partial charge >= 0.3 is 0 Å². The number of methoxy groups -OCH3 is 1. The van der Waals surface area contributed by atoms with Crippen LogP contribution in [0, 0.1) is 0 Å². The van der Waals surface area contributed by atoms with Crippen molar-refractivity contribution in [1.29, 1.82) is 0 Å². The summed E-state index contributed by atoms with van der Waals surface area (Å²) in [5, 5.41) is 3.74. The van der Waals surface area contributed by atoms with Crippen molar-refractivity contribution < 1.29 is 9.47 Å². The maximum Gasteiger partial charge on any atom is 0.126 e. The second-order valence-corrected chi connectivity index (χ2v) is 9.58. The van der Waals surface area contributed by atoms with Crippen LogP contribution in [0.25, 0.3) is 16.7 Å². The van der Waals surface area contributed by atoms with Crippen LogP contribution in [0.1, 0.15) is 31.9 Å². The van der Waals surface area contributed by atoms with E-state index in [1.165, 1.54) is 16.7 Å². The number of rotatable bonds is 7. The second-order valence-electron chi connectivity index (χ2n) is 8.73. The molecule has 166 valence electrons. The molecule has 1 N–H and O–H groups in total. The average molecular weight is 492 g/mol. The number of anilines is 1. The molecule has 3 aromatic carbocycles. The highest BCUT2D eigenvalue weighted by atomic mass is 79.9. The Morgan fingerprint density at radius 2 is 1.59 bits per heavy atom. The predicted octanol–water partition coefficient (Wildman–Crippen LogP) is 7.36. The first-order valence-electron chi connectivity index (χ1n) is 11.0. The minimum Gasteiger partial charge on any atom is -0.496 e. The average Bonchev–Trinajstić information content (AvgIpc) is 2.78. The van der Waals surface area contributed by atoms with Crippen molar-refractivity contribution in [2.75, 3.05) is 19.0 Å². The minimum absolute atomic E-state index is 0.0227. The molecule has 0 amide bonds. The van der Waals surface area contributed by atoms with Crippen molar-refractivity contribution in [1.82, 2.24) is 0 Å². The molecule has 1 unspecified atom stereocenters. The van der Waals surface area contributed by atoms with E-state index >= 15 is 0 Å². The van der Waals surface area contributed by atoms with Crippen LogP contribution < -0.4 is 10.1 Å². The lowest BCUT2D eigenvalue weighted by atomic mass is 9.85. The summed E-state index contributed by atoms with van der Waals surface area (Å²) in [4.78, 5) is 0. The zero-order chi connectivity index (χ0) is 22.7. The SMILES string of the molecule is COc1ccccc1-c1cccc2c1NC(C)(C)C=C2C(C)OCCc1ccccc1Br. The van der Waals surface area contributed by atoms with Gasteiger partial charge in [0.25, 0.3) is 0 Å². The molecule has 4 rings (SSSR count). The van der Waals surface area contributed by atoms with Gasteiger partial charge in [-0.1, -0.05) is 76.6 Å². The number of hydrogen-bond acceptors (Lipinski definition) is 3. The molecule has 0 bridgehead atoms. The Labute approximate surface area is 199 Å². The third kappa shape index (κ3) is 4.77. The van der Waals surface area contributed by atoms with Crippen LogP contribution in [0.2, 0.25) is 0 Å². The van der Waals surface area contributed by atoms with Crippen LogP contribution in [0.4, 0.5) is 5.69 Å². The Hall–Kier alpha value is -2.56. The molecule has 1 aliphatic rings. The Bertz CT molecular complexity index is 1140. The number of hydrogen-bond donors (Lipinski definition) is 1. The lowest BCUT2D eigenvalue weighted by Crippen LogP contribution is -2.34. The van der Waals surface area contributed by atoms with Crippen LogP contribution in [0.5, 0.6) is 5.75 Å². The first kappa shape index (κ1) is 22.6. The van der Waals surface area contributed by atoms with E-state index in [0.717, 1.165) is 33.5 Å². The number of halogens is 1. The second kappa shape index (κ2) is 9.51. The van der Waals surface area contributed by atoms with E-state index in [2.05, 4.69) is 96.6 Å². The van der Waals surface area contributed by atoms with Crippen molar-refractivity contribution in [3.05, 3.63) is 88.4 Å². The maximum atomic E-state index is 6.34. The highest BCUT2D eigenvalue weighted by Gasteiger charge is 2.29. The summed E-state index contributed by atoms with van der Waals surface area (Å²) < 4.78 is 13.1. The van der Waals surface area contributed by atoms with Crippen LogP contribution in [-0.2, 0) is 11.2 Å². The molecule has 1 atom stereocenters. The number of nitrogens with one attached hydrogen (secondary N) is 1. The van der Waals surface area contributed by atoms with Crippen LogP contribution in [0.3, 0.4) is 0 Å². The number of benzene rings is 3. The third-order valence-electron chi connectivity index (χ3n) is 5.87. The van der Waals surface area contributed by atoms with Crippen molar-refractivity contribution in [2.45, 2.75) is 38.8 Å². The van der Waals surface area contributed by atoms with E-state index in [0.29, 0.717) is 6.61 Å². The summed E-state index contributed by atoms with van der Waals surface area (Å²) in [5.41, 5.74) is 6.81. The van der Waals surface area contributed by atoms with Gasteiger partial charge in [0.05, 0.1) is 31.0 Å². The van der Waals surface area contributed by atoms with Crippen LogP contribution in [0.15, 0.2) is 77.3 Å². The molecule has 1 aliphatic heterocycles. The van der Waals surface area contributed by atoms with E-state index in [-0.39, 0.29) is 11.6 Å². The molecule has 3 aromatic rings. The Morgan fingerprint density at radius 1 is 0.906 bits per heavy atom. The number of fused-ring (bicyclic) bond motifs is 1. The molecule has 4 heteroatoms. The van der Waals surface area contributed by atoms with Gasteiger partial charge in [-0.05, 0) is 50.5 Å². The van der Waals surface area contributed by atoms with Crippen LogP contribution in [-0.4, -0.2) is 25.4 Å². The molecular formula is C28H30BrNO2. The highest BCUT2D eigenvalue weighted by Crippen LogP contribution is 2.44. The van der Waals surface area contributed by atoms with Gasteiger partial charge in [-0.15, -0.1) is 0 Å². The van der Waals surface area contributed by atoms with Gasteiger partial charge < -0.3 is 14.8 Å². The summed E-state index contributed by atoms with van der Waals surface area (Å²) in [5.74, 6) is 0.870. The van der Waals surface area contributed by atoms with Gasteiger partial charge in [-0.3, -0.25) is 0 Å². The predicted molar refractivity (Wildman–Crippen MR) is 137 cm³/mol. The first-order valence-corrected chi connectivity index (χ1v) is 11.8. The quantitative estimate of drug-likeness (QED) is 0.374. The van der Waals surface area contributed by atoms with Crippen molar-refractivity contribution >= 4 is 27.2 Å². The summed E-state index contributed by atoms with van der Waals surface area (Å²) in [6, 6.07) is 22.9. The largest absolute Gasteiger partial charge is 0.496 e. The van der Waals surface area contributed by atoms with Gasteiger partial charge in [0.15, 0.2) is 0 Å². The molecule has 0 spiro atoms. The van der Waals surface area contributed by atoms with Gasteiger partial charge in [0.2, 0.25) is 0 Å². The fourth-order valence-corrected chi connectivity index (χ4v) is 4.80. The standard InChI is InChI=1S/C28H30BrNO2/c1-19(32-17-16-20-10-5-7-14-25(20)29)24-18-28(2,3)30-27-22(12-9-13-23(24)27)21-11-6-8-15-26(21)31-4/h5-15,18-19,30H,16-17H2,1-4H3. The molecule has 0 radical (unpaired) electrons. The Balaban J connectivity index is 1.63. The van der Waals surface area contributed by atoms with Gasteiger partial charge in [-0.2, -0.15) is 0 Å². The van der Waals surface area contributed by atoms with Crippen molar-refractivity contribution in [3.63, 3.8) is 0 Å². The molecule has 3 nitrogen and oxygen atoms in total. The molecule has 0 saturated heterocycles. The molecule has 0 fully saturated rings. The topological polar surface area (TPSA) is 30.5 Å². The first-order chi connectivity index (χ1) is 15.4. The fourth-order valence-electron chi connectivity index (χ4n) is 4.32.